The zero-order valence-electron chi connectivity index (χ0n) is 20.4. The van der Waals surface area contributed by atoms with Crippen molar-refractivity contribution >= 4 is 34.3 Å². The number of benzene rings is 1. The third-order valence-corrected chi connectivity index (χ3v) is 7.53. The predicted molar refractivity (Wildman–Crippen MR) is 137 cm³/mol. The molecule has 1 fully saturated rings. The number of hydrogen-bond donors (Lipinski definition) is 2. The zero-order chi connectivity index (χ0) is 23.9. The number of nitrogens with zero attached hydrogens (tertiary/aromatic N) is 4. The molecular formula is C25H34N6O2S. The van der Waals surface area contributed by atoms with Gasteiger partial charge in [-0.3, -0.25) is 0 Å². The molecular weight excluding hydrogens is 448 g/mol. The molecule has 1 aliphatic carbocycles. The van der Waals surface area contributed by atoms with Crippen LogP contribution >= 0.6 is 11.8 Å². The van der Waals surface area contributed by atoms with Gasteiger partial charge in [0.05, 0.1) is 11.2 Å². The van der Waals surface area contributed by atoms with Gasteiger partial charge in [0, 0.05) is 55.9 Å². The van der Waals surface area contributed by atoms with Crippen LogP contribution in [0.3, 0.4) is 0 Å². The van der Waals surface area contributed by atoms with Gasteiger partial charge in [0.15, 0.2) is 22.5 Å². The van der Waals surface area contributed by atoms with Crippen LogP contribution in [0.1, 0.15) is 40.0 Å². The Morgan fingerprint density at radius 2 is 2.00 bits per heavy atom. The second-order valence-electron chi connectivity index (χ2n) is 10.3. The lowest BCUT2D eigenvalue weighted by Gasteiger charge is -2.37. The Morgan fingerprint density at radius 3 is 2.71 bits per heavy atom. The Morgan fingerprint density at radius 1 is 1.24 bits per heavy atom. The SMILES string of the molecule is CN(c1cc2c(cc1Sc1nc3c(N)nccc3n1CCNCC(C)(C)C)OCO2)C1CCC1. The lowest BCUT2D eigenvalue weighted by atomic mass is 9.91. The van der Waals surface area contributed by atoms with Crippen molar-refractivity contribution in [2.24, 2.45) is 5.41 Å². The fourth-order valence-corrected chi connectivity index (χ4v) is 5.45. The lowest BCUT2D eigenvalue weighted by molar-refractivity contribution is 0.174. The molecule has 0 amide bonds. The van der Waals surface area contributed by atoms with E-state index in [1.165, 1.54) is 19.3 Å². The van der Waals surface area contributed by atoms with E-state index in [0.29, 0.717) is 11.9 Å². The first kappa shape index (κ1) is 23.1. The van der Waals surface area contributed by atoms with Gasteiger partial charge in [0.25, 0.3) is 0 Å². The molecule has 1 aromatic carbocycles. The fraction of sp³-hybridized carbons (Fsp3) is 0.520. The Balaban J connectivity index is 1.49. The van der Waals surface area contributed by atoms with E-state index in [2.05, 4.69) is 59.7 Å². The van der Waals surface area contributed by atoms with Crippen LogP contribution in [0.4, 0.5) is 11.5 Å². The zero-order valence-corrected chi connectivity index (χ0v) is 21.2. The van der Waals surface area contributed by atoms with Crippen LogP contribution in [0.15, 0.2) is 34.4 Å². The molecule has 2 aliphatic rings. The number of imidazole rings is 1. The number of nitrogens with one attached hydrogen (secondary N) is 1. The molecule has 182 valence electrons. The standard InChI is InChI=1S/C25H34N6O2S/c1-25(2,3)14-27-10-11-31-17-8-9-28-23(26)22(17)29-24(31)34-21-13-20-19(32-15-33-20)12-18(21)30(4)16-6-5-7-16/h8-9,12-13,16,27H,5-7,10-11,14-15H2,1-4H3,(H2,26,28). The van der Waals surface area contributed by atoms with E-state index in [0.717, 1.165) is 57.9 Å². The molecule has 2 aromatic heterocycles. The van der Waals surface area contributed by atoms with E-state index >= 15 is 0 Å². The minimum atomic E-state index is 0.233. The topological polar surface area (TPSA) is 90.5 Å². The molecule has 0 radical (unpaired) electrons. The first-order valence-corrected chi connectivity index (χ1v) is 12.8. The summed E-state index contributed by atoms with van der Waals surface area (Å²) in [6.07, 6.45) is 5.47. The van der Waals surface area contributed by atoms with Crippen LogP contribution in [-0.2, 0) is 6.54 Å². The number of aromatic nitrogens is 3. The Bertz CT molecular complexity index is 1180. The molecule has 0 spiro atoms. The van der Waals surface area contributed by atoms with Gasteiger partial charge in [0.2, 0.25) is 6.79 Å². The van der Waals surface area contributed by atoms with E-state index in [1.54, 1.807) is 18.0 Å². The minimum absolute atomic E-state index is 0.233. The molecule has 0 bridgehead atoms. The van der Waals surface area contributed by atoms with Crippen LogP contribution in [0, 0.1) is 5.41 Å². The molecule has 0 saturated heterocycles. The Labute approximate surface area is 205 Å². The summed E-state index contributed by atoms with van der Waals surface area (Å²) in [5, 5.41) is 4.48. The summed E-state index contributed by atoms with van der Waals surface area (Å²) in [4.78, 5) is 12.7. The predicted octanol–water partition coefficient (Wildman–Crippen LogP) is 4.52. The third-order valence-electron chi connectivity index (χ3n) is 6.49. The van der Waals surface area contributed by atoms with Crippen LogP contribution in [0.5, 0.6) is 11.5 Å². The number of anilines is 2. The Hall–Kier alpha value is -2.65. The monoisotopic (exact) mass is 482 g/mol. The normalized spacial score (nSPS) is 15.6. The number of ether oxygens (including phenoxy) is 2. The smallest absolute Gasteiger partial charge is 0.231 e. The van der Waals surface area contributed by atoms with Gasteiger partial charge in [0.1, 0.15) is 5.52 Å². The van der Waals surface area contributed by atoms with Gasteiger partial charge in [-0.25, -0.2) is 9.97 Å². The number of rotatable bonds is 8. The first-order valence-electron chi connectivity index (χ1n) is 12.0. The summed E-state index contributed by atoms with van der Waals surface area (Å²) in [5.74, 6) is 2.04. The number of pyridine rings is 1. The molecule has 0 unspecified atom stereocenters. The highest BCUT2D eigenvalue weighted by atomic mass is 32.2. The van der Waals surface area contributed by atoms with Crippen molar-refractivity contribution in [1.29, 1.82) is 0 Å². The maximum absolute atomic E-state index is 6.20. The third kappa shape index (κ3) is 4.63. The van der Waals surface area contributed by atoms with E-state index in [1.807, 2.05) is 6.07 Å². The van der Waals surface area contributed by atoms with Crippen molar-refractivity contribution in [2.75, 3.05) is 37.6 Å². The second-order valence-corrected chi connectivity index (χ2v) is 11.3. The van der Waals surface area contributed by atoms with Crippen LogP contribution in [0.2, 0.25) is 0 Å². The van der Waals surface area contributed by atoms with Crippen molar-refractivity contribution in [2.45, 2.75) is 62.7 Å². The fourth-order valence-electron chi connectivity index (χ4n) is 4.34. The van der Waals surface area contributed by atoms with Gasteiger partial charge in [-0.15, -0.1) is 0 Å². The van der Waals surface area contributed by atoms with Gasteiger partial charge in [-0.05, 0) is 42.5 Å². The van der Waals surface area contributed by atoms with Crippen LogP contribution in [0.25, 0.3) is 11.0 Å². The highest BCUT2D eigenvalue weighted by molar-refractivity contribution is 7.99. The molecule has 1 aliphatic heterocycles. The number of fused-ring (bicyclic) bond motifs is 2. The minimum Gasteiger partial charge on any atom is -0.454 e. The number of hydrogen-bond acceptors (Lipinski definition) is 8. The molecule has 1 saturated carbocycles. The van der Waals surface area contributed by atoms with E-state index in [-0.39, 0.29) is 12.2 Å². The summed E-state index contributed by atoms with van der Waals surface area (Å²) in [7, 11) is 2.17. The molecule has 8 nitrogen and oxygen atoms in total. The van der Waals surface area contributed by atoms with Crippen LogP contribution in [-0.4, -0.2) is 47.5 Å². The molecule has 3 N–H and O–H groups in total. The van der Waals surface area contributed by atoms with Crippen molar-refractivity contribution in [1.82, 2.24) is 19.9 Å². The average Bonchev–Trinajstić information content (AvgIpc) is 3.33. The first-order chi connectivity index (χ1) is 16.3. The van der Waals surface area contributed by atoms with Crippen molar-refractivity contribution in [3.8, 4) is 11.5 Å². The van der Waals surface area contributed by atoms with Gasteiger partial charge in [-0.1, -0.05) is 20.8 Å². The number of nitrogens with two attached hydrogens (primary N) is 1. The lowest BCUT2D eigenvalue weighted by Crippen LogP contribution is -2.37. The number of nitrogen functional groups attached to an aromatic ring is 1. The van der Waals surface area contributed by atoms with Gasteiger partial charge < -0.3 is 30.0 Å². The van der Waals surface area contributed by atoms with E-state index < -0.39 is 0 Å². The van der Waals surface area contributed by atoms with Gasteiger partial charge >= 0.3 is 0 Å². The summed E-state index contributed by atoms with van der Waals surface area (Å²) < 4.78 is 13.6. The summed E-state index contributed by atoms with van der Waals surface area (Å²) in [6.45, 7) is 9.55. The Kier molecular flexibility index (Phi) is 6.24. The molecule has 0 atom stereocenters. The van der Waals surface area contributed by atoms with E-state index in [4.69, 9.17) is 20.2 Å². The maximum atomic E-state index is 6.20. The molecule has 5 rings (SSSR count). The van der Waals surface area contributed by atoms with Crippen LogP contribution < -0.4 is 25.4 Å². The van der Waals surface area contributed by atoms with Crippen molar-refractivity contribution in [3.05, 3.63) is 24.4 Å². The van der Waals surface area contributed by atoms with E-state index in [9.17, 15) is 0 Å². The highest BCUT2D eigenvalue weighted by Crippen LogP contribution is 2.46. The molecule has 3 heterocycles. The average molecular weight is 483 g/mol. The highest BCUT2D eigenvalue weighted by Gasteiger charge is 2.28. The largest absolute Gasteiger partial charge is 0.454 e. The summed E-state index contributed by atoms with van der Waals surface area (Å²) in [6, 6.07) is 6.74. The maximum Gasteiger partial charge on any atom is 0.231 e. The molecule has 34 heavy (non-hydrogen) atoms. The summed E-state index contributed by atoms with van der Waals surface area (Å²) >= 11 is 1.65. The van der Waals surface area contributed by atoms with Crippen molar-refractivity contribution < 1.29 is 9.47 Å². The summed E-state index contributed by atoms with van der Waals surface area (Å²) in [5.41, 5.74) is 9.33. The van der Waals surface area contributed by atoms with Crippen molar-refractivity contribution in [3.63, 3.8) is 0 Å². The quantitative estimate of drug-likeness (QED) is 0.453. The van der Waals surface area contributed by atoms with Gasteiger partial charge in [-0.2, -0.15) is 0 Å². The second kappa shape index (κ2) is 9.19. The molecule has 3 aromatic rings. The molecule has 9 heteroatoms.